The van der Waals surface area contributed by atoms with Crippen molar-refractivity contribution in [2.75, 3.05) is 14.2 Å². The van der Waals surface area contributed by atoms with Crippen molar-refractivity contribution in [1.29, 1.82) is 0 Å². The topological polar surface area (TPSA) is 35.5 Å². The molecule has 0 aromatic heterocycles. The van der Waals surface area contributed by atoms with Gasteiger partial charge in [0, 0.05) is 0 Å². The van der Waals surface area contributed by atoms with Crippen LogP contribution in [0.2, 0.25) is 0 Å². The number of halogens is 1. The molecule has 0 saturated heterocycles. The molecule has 0 amide bonds. The number of hydrogen-bond donors (Lipinski definition) is 0. The molecule has 0 saturated carbocycles. The van der Waals surface area contributed by atoms with Crippen LogP contribution in [0.15, 0.2) is 42.5 Å². The van der Waals surface area contributed by atoms with Gasteiger partial charge in [-0.05, 0) is 29.8 Å². The Kier molecular flexibility index (Phi) is 3.80. The van der Waals surface area contributed by atoms with E-state index in [1.807, 2.05) is 0 Å². The maximum atomic E-state index is 13.9. The Labute approximate surface area is 110 Å². The first-order chi connectivity index (χ1) is 9.17. The van der Waals surface area contributed by atoms with Gasteiger partial charge in [-0.25, -0.2) is 9.18 Å². The third kappa shape index (κ3) is 2.57. The van der Waals surface area contributed by atoms with Crippen LogP contribution < -0.4 is 4.74 Å². The Balaban J connectivity index is 2.46. The van der Waals surface area contributed by atoms with Crippen LogP contribution in [-0.4, -0.2) is 20.2 Å². The first-order valence-electron chi connectivity index (χ1n) is 5.68. The number of esters is 1. The van der Waals surface area contributed by atoms with Gasteiger partial charge < -0.3 is 9.47 Å². The summed E-state index contributed by atoms with van der Waals surface area (Å²) in [5, 5.41) is 0. The van der Waals surface area contributed by atoms with Crippen molar-refractivity contribution in [3.63, 3.8) is 0 Å². The van der Waals surface area contributed by atoms with Gasteiger partial charge in [0.1, 0.15) is 11.6 Å². The van der Waals surface area contributed by atoms with E-state index in [-0.39, 0.29) is 5.82 Å². The van der Waals surface area contributed by atoms with Crippen LogP contribution in [0.25, 0.3) is 11.1 Å². The largest absolute Gasteiger partial charge is 0.496 e. The summed E-state index contributed by atoms with van der Waals surface area (Å²) in [5.74, 6) is -0.344. The second kappa shape index (κ2) is 5.52. The lowest BCUT2D eigenvalue weighted by atomic mass is 10.0. The molecule has 0 fully saturated rings. The number of methoxy groups -OCH3 is 2. The van der Waals surface area contributed by atoms with Crippen LogP contribution >= 0.6 is 0 Å². The average Bonchev–Trinajstić information content (AvgIpc) is 2.46. The smallest absolute Gasteiger partial charge is 0.337 e. The molecule has 0 unspecified atom stereocenters. The first-order valence-corrected chi connectivity index (χ1v) is 5.68. The quantitative estimate of drug-likeness (QED) is 0.794. The molecule has 2 rings (SSSR count). The molecule has 0 aliphatic rings. The lowest BCUT2D eigenvalue weighted by Crippen LogP contribution is -2.00. The monoisotopic (exact) mass is 260 g/mol. The fourth-order valence-corrected chi connectivity index (χ4v) is 1.85. The maximum Gasteiger partial charge on any atom is 0.337 e. The lowest BCUT2D eigenvalue weighted by Gasteiger charge is -2.10. The fourth-order valence-electron chi connectivity index (χ4n) is 1.85. The summed E-state index contributed by atoms with van der Waals surface area (Å²) in [4.78, 5) is 11.3. The molecule has 0 atom stereocenters. The van der Waals surface area contributed by atoms with Crippen LogP contribution in [0.5, 0.6) is 5.75 Å². The van der Waals surface area contributed by atoms with Crippen LogP contribution in [0.3, 0.4) is 0 Å². The SMILES string of the molecule is COC(=O)c1ccc(-c2c(F)cccc2OC)cc1. The minimum absolute atomic E-state index is 0.370. The Morgan fingerprint density at radius 1 is 1.05 bits per heavy atom. The van der Waals surface area contributed by atoms with E-state index in [1.165, 1.54) is 20.3 Å². The van der Waals surface area contributed by atoms with E-state index in [9.17, 15) is 9.18 Å². The Morgan fingerprint density at radius 2 is 1.74 bits per heavy atom. The molecule has 4 heteroatoms. The van der Waals surface area contributed by atoms with Crippen LogP contribution in [-0.2, 0) is 4.74 Å². The van der Waals surface area contributed by atoms with Gasteiger partial charge >= 0.3 is 5.97 Å². The zero-order valence-corrected chi connectivity index (χ0v) is 10.6. The third-order valence-electron chi connectivity index (χ3n) is 2.79. The molecule has 2 aromatic rings. The normalized spacial score (nSPS) is 10.1. The number of rotatable bonds is 3. The van der Waals surface area contributed by atoms with Gasteiger partial charge in [0.15, 0.2) is 0 Å². The highest BCUT2D eigenvalue weighted by Crippen LogP contribution is 2.32. The minimum Gasteiger partial charge on any atom is -0.496 e. The predicted molar refractivity (Wildman–Crippen MR) is 69.7 cm³/mol. The number of carbonyl (C=O) groups is 1. The minimum atomic E-state index is -0.424. The molecule has 2 aromatic carbocycles. The Bertz CT molecular complexity index is 591. The molecule has 19 heavy (non-hydrogen) atoms. The number of benzene rings is 2. The summed E-state index contributed by atoms with van der Waals surface area (Å²) < 4.78 is 23.6. The van der Waals surface area contributed by atoms with E-state index in [0.29, 0.717) is 22.4 Å². The average molecular weight is 260 g/mol. The molecule has 0 aliphatic heterocycles. The van der Waals surface area contributed by atoms with Crippen molar-refractivity contribution < 1.29 is 18.7 Å². The zero-order chi connectivity index (χ0) is 13.8. The highest BCUT2D eigenvalue weighted by Gasteiger charge is 2.12. The van der Waals surface area contributed by atoms with Crippen molar-refractivity contribution in [3.05, 3.63) is 53.8 Å². The van der Waals surface area contributed by atoms with Crippen LogP contribution in [0.1, 0.15) is 10.4 Å². The van der Waals surface area contributed by atoms with E-state index < -0.39 is 5.97 Å². The molecular formula is C15H13FO3. The summed E-state index contributed by atoms with van der Waals surface area (Å²) in [6.45, 7) is 0. The van der Waals surface area contributed by atoms with Crippen LogP contribution in [0, 0.1) is 5.82 Å². The summed E-state index contributed by atoms with van der Waals surface area (Å²) in [6.07, 6.45) is 0. The van der Waals surface area contributed by atoms with Gasteiger partial charge in [0.2, 0.25) is 0 Å². The third-order valence-corrected chi connectivity index (χ3v) is 2.79. The molecule has 0 heterocycles. The van der Waals surface area contributed by atoms with Gasteiger partial charge in [-0.2, -0.15) is 0 Å². The standard InChI is InChI=1S/C15H13FO3/c1-18-13-5-3-4-12(16)14(13)10-6-8-11(9-7-10)15(17)19-2/h3-9H,1-2H3. The molecule has 0 N–H and O–H groups in total. The van der Waals surface area contributed by atoms with Crippen LogP contribution in [0.4, 0.5) is 4.39 Å². The van der Waals surface area contributed by atoms with E-state index in [1.54, 1.807) is 36.4 Å². The van der Waals surface area contributed by atoms with Gasteiger partial charge in [0.25, 0.3) is 0 Å². The Morgan fingerprint density at radius 3 is 2.32 bits per heavy atom. The zero-order valence-electron chi connectivity index (χ0n) is 10.6. The second-order valence-electron chi connectivity index (χ2n) is 3.89. The predicted octanol–water partition coefficient (Wildman–Crippen LogP) is 3.29. The molecule has 0 spiro atoms. The summed E-state index contributed by atoms with van der Waals surface area (Å²) in [6, 6.07) is 11.1. The highest BCUT2D eigenvalue weighted by molar-refractivity contribution is 5.90. The van der Waals surface area contributed by atoms with Gasteiger partial charge in [-0.3, -0.25) is 0 Å². The van der Waals surface area contributed by atoms with Crippen molar-refractivity contribution >= 4 is 5.97 Å². The molecule has 0 bridgehead atoms. The number of ether oxygens (including phenoxy) is 2. The maximum absolute atomic E-state index is 13.9. The van der Waals surface area contributed by atoms with E-state index in [2.05, 4.69) is 4.74 Å². The molecule has 3 nitrogen and oxygen atoms in total. The van der Waals surface area contributed by atoms with E-state index >= 15 is 0 Å². The van der Waals surface area contributed by atoms with Gasteiger partial charge in [-0.15, -0.1) is 0 Å². The molecule has 0 radical (unpaired) electrons. The van der Waals surface area contributed by atoms with E-state index in [0.717, 1.165) is 0 Å². The van der Waals surface area contributed by atoms with Crippen molar-refractivity contribution in [3.8, 4) is 16.9 Å². The molecular weight excluding hydrogens is 247 g/mol. The summed E-state index contributed by atoms with van der Waals surface area (Å²) in [7, 11) is 2.80. The number of carbonyl (C=O) groups excluding carboxylic acids is 1. The second-order valence-corrected chi connectivity index (χ2v) is 3.89. The lowest BCUT2D eigenvalue weighted by molar-refractivity contribution is 0.0601. The highest BCUT2D eigenvalue weighted by atomic mass is 19.1. The summed E-state index contributed by atoms with van der Waals surface area (Å²) >= 11 is 0. The van der Waals surface area contributed by atoms with Gasteiger partial charge in [0.05, 0.1) is 25.3 Å². The Hall–Kier alpha value is -2.36. The van der Waals surface area contributed by atoms with Crippen molar-refractivity contribution in [2.45, 2.75) is 0 Å². The molecule has 98 valence electrons. The summed E-state index contributed by atoms with van der Waals surface area (Å²) in [5.41, 5.74) is 1.44. The van der Waals surface area contributed by atoms with Crippen molar-refractivity contribution in [2.24, 2.45) is 0 Å². The van der Waals surface area contributed by atoms with Gasteiger partial charge in [-0.1, -0.05) is 18.2 Å². The van der Waals surface area contributed by atoms with Crippen molar-refractivity contribution in [1.82, 2.24) is 0 Å². The number of hydrogen-bond acceptors (Lipinski definition) is 3. The first kappa shape index (κ1) is 13.1. The fraction of sp³-hybridized carbons (Fsp3) is 0.133. The molecule has 0 aliphatic carbocycles. The van der Waals surface area contributed by atoms with E-state index in [4.69, 9.17) is 4.74 Å².